The predicted octanol–water partition coefficient (Wildman–Crippen LogP) is 1.38. The van der Waals surface area contributed by atoms with Gasteiger partial charge in [0.15, 0.2) is 0 Å². The number of hydrogen-bond donors (Lipinski definition) is 2. The molecule has 0 aliphatic carbocycles. The average molecular weight is 395 g/mol. The van der Waals surface area contributed by atoms with Crippen molar-refractivity contribution in [2.24, 2.45) is 5.41 Å². The molecular weight excluding hydrogens is 372 g/mol. The molecular formula is C18H23BFNO7. The molecule has 10 heteroatoms. The van der Waals surface area contributed by atoms with Gasteiger partial charge >= 0.3 is 19.1 Å². The minimum absolute atomic E-state index is 0.0388. The summed E-state index contributed by atoms with van der Waals surface area (Å²) in [5, 5.41) is 12.7. The van der Waals surface area contributed by atoms with Gasteiger partial charge in [-0.15, -0.1) is 0 Å². The fraction of sp³-hybridized carbons (Fsp3) is 0.500. The van der Waals surface area contributed by atoms with Crippen LogP contribution in [0.1, 0.15) is 50.0 Å². The van der Waals surface area contributed by atoms with Crippen LogP contribution in [0.2, 0.25) is 0 Å². The van der Waals surface area contributed by atoms with E-state index in [-0.39, 0.29) is 30.1 Å². The van der Waals surface area contributed by atoms with Crippen molar-refractivity contribution in [3.05, 3.63) is 29.1 Å². The summed E-state index contributed by atoms with van der Waals surface area (Å²) < 4.78 is 29.1. The molecule has 28 heavy (non-hydrogen) atoms. The Kier molecular flexibility index (Phi) is 6.66. The molecule has 8 nitrogen and oxygen atoms in total. The fourth-order valence-electron chi connectivity index (χ4n) is 2.50. The molecule has 0 radical (unpaired) electrons. The maximum absolute atomic E-state index is 14.0. The van der Waals surface area contributed by atoms with E-state index in [1.165, 1.54) is 0 Å². The largest absolute Gasteiger partial charge is 0.547 e. The molecule has 1 aromatic carbocycles. The first kappa shape index (κ1) is 21.7. The van der Waals surface area contributed by atoms with Gasteiger partial charge in [-0.05, 0) is 44.9 Å². The number of halogens is 1. The van der Waals surface area contributed by atoms with Crippen LogP contribution in [0.5, 0.6) is 5.75 Å². The van der Waals surface area contributed by atoms with Crippen LogP contribution < -0.4 is 9.97 Å². The number of ether oxygens (including phenoxy) is 2. The molecule has 0 fully saturated rings. The van der Waals surface area contributed by atoms with E-state index in [2.05, 4.69) is 5.32 Å². The summed E-state index contributed by atoms with van der Waals surface area (Å²) in [4.78, 5) is 35.6. The second kappa shape index (κ2) is 8.60. The van der Waals surface area contributed by atoms with Crippen LogP contribution in [0, 0.1) is 11.2 Å². The van der Waals surface area contributed by atoms with Crippen LogP contribution in [0.3, 0.4) is 0 Å². The lowest BCUT2D eigenvalue weighted by atomic mass is 9.72. The molecule has 0 spiro atoms. The fourth-order valence-corrected chi connectivity index (χ4v) is 2.50. The SMILES string of the molecule is CCC(=O)NC1Cc2cc(F)cc(C(=O)OCOC(=O)C(C)(C)C)c2OB1O. The number of carbonyl (C=O) groups excluding carboxylic acids is 3. The van der Waals surface area contributed by atoms with Crippen LogP contribution in [-0.2, 0) is 25.5 Å². The van der Waals surface area contributed by atoms with E-state index in [9.17, 15) is 23.8 Å². The van der Waals surface area contributed by atoms with Crippen LogP contribution in [0.15, 0.2) is 12.1 Å². The molecule has 1 aliphatic rings. The number of rotatable bonds is 5. The van der Waals surface area contributed by atoms with Crippen molar-refractivity contribution in [2.75, 3.05) is 6.79 Å². The standard InChI is InChI=1S/C18H23BFNO7/c1-5-14(22)21-13-7-10-6-11(20)8-12(15(10)28-19(13)25)16(23)26-9-27-17(24)18(2,3)4/h6,8,13,25H,5,7,9H2,1-4H3,(H,21,22). The van der Waals surface area contributed by atoms with Crippen LogP contribution in [0.4, 0.5) is 4.39 Å². The lowest BCUT2D eigenvalue weighted by Gasteiger charge is -2.29. The zero-order valence-corrected chi connectivity index (χ0v) is 16.2. The third-order valence-electron chi connectivity index (χ3n) is 4.03. The van der Waals surface area contributed by atoms with Gasteiger partial charge in [-0.1, -0.05) is 6.92 Å². The van der Waals surface area contributed by atoms with Gasteiger partial charge < -0.3 is 24.5 Å². The first-order valence-corrected chi connectivity index (χ1v) is 8.83. The van der Waals surface area contributed by atoms with Gasteiger partial charge in [0.2, 0.25) is 12.7 Å². The van der Waals surface area contributed by atoms with E-state index in [1.807, 2.05) is 0 Å². The minimum Gasteiger partial charge on any atom is -0.534 e. The van der Waals surface area contributed by atoms with Gasteiger partial charge in [0, 0.05) is 6.42 Å². The molecule has 1 heterocycles. The Labute approximate surface area is 162 Å². The van der Waals surface area contributed by atoms with E-state index in [0.29, 0.717) is 5.56 Å². The third-order valence-corrected chi connectivity index (χ3v) is 4.03. The van der Waals surface area contributed by atoms with Gasteiger partial charge in [-0.3, -0.25) is 9.59 Å². The molecule has 1 amide bonds. The summed E-state index contributed by atoms with van der Waals surface area (Å²) in [6.45, 7) is 5.94. The number of benzene rings is 1. The number of esters is 2. The smallest absolute Gasteiger partial charge is 0.534 e. The van der Waals surface area contributed by atoms with Gasteiger partial charge in [-0.2, -0.15) is 0 Å². The van der Waals surface area contributed by atoms with E-state index >= 15 is 0 Å². The van der Waals surface area contributed by atoms with Crippen LogP contribution in [-0.4, -0.2) is 42.7 Å². The Bertz CT molecular complexity index is 778. The van der Waals surface area contributed by atoms with Crippen LogP contribution >= 0.6 is 0 Å². The first-order chi connectivity index (χ1) is 13.0. The van der Waals surface area contributed by atoms with Crippen molar-refractivity contribution in [2.45, 2.75) is 46.5 Å². The van der Waals surface area contributed by atoms with Gasteiger partial charge in [0.05, 0.1) is 11.4 Å². The molecule has 1 aliphatic heterocycles. The molecule has 2 N–H and O–H groups in total. The van der Waals surface area contributed by atoms with Crippen molar-refractivity contribution in [3.63, 3.8) is 0 Å². The highest BCUT2D eigenvalue weighted by molar-refractivity contribution is 6.47. The number of amides is 1. The highest BCUT2D eigenvalue weighted by Gasteiger charge is 2.38. The Balaban J connectivity index is 2.14. The summed E-state index contributed by atoms with van der Waals surface area (Å²) >= 11 is 0. The average Bonchev–Trinajstić information content (AvgIpc) is 2.60. The second-order valence-corrected chi connectivity index (χ2v) is 7.41. The van der Waals surface area contributed by atoms with E-state index in [1.54, 1.807) is 27.7 Å². The highest BCUT2D eigenvalue weighted by atomic mass is 19.1. The monoisotopic (exact) mass is 395 g/mol. The van der Waals surface area contributed by atoms with Crippen molar-refractivity contribution in [3.8, 4) is 5.75 Å². The molecule has 1 unspecified atom stereocenters. The number of carbonyl (C=O) groups is 3. The molecule has 0 aromatic heterocycles. The van der Waals surface area contributed by atoms with Gasteiger partial charge in [0.25, 0.3) is 0 Å². The Hall–Kier alpha value is -2.62. The van der Waals surface area contributed by atoms with Crippen molar-refractivity contribution >= 4 is 25.0 Å². The lowest BCUT2D eigenvalue weighted by molar-refractivity contribution is -0.161. The van der Waals surface area contributed by atoms with E-state index in [4.69, 9.17) is 14.1 Å². The highest BCUT2D eigenvalue weighted by Crippen LogP contribution is 2.32. The Morgan fingerprint density at radius 2 is 2.00 bits per heavy atom. The van der Waals surface area contributed by atoms with Crippen molar-refractivity contribution in [1.29, 1.82) is 0 Å². The first-order valence-electron chi connectivity index (χ1n) is 8.83. The molecule has 2 rings (SSSR count). The summed E-state index contributed by atoms with van der Waals surface area (Å²) in [5.74, 6) is -3.37. The molecule has 1 atom stereocenters. The van der Waals surface area contributed by atoms with Gasteiger partial charge in [-0.25, -0.2) is 9.18 Å². The zero-order chi connectivity index (χ0) is 21.1. The molecule has 0 saturated heterocycles. The molecule has 0 bridgehead atoms. The van der Waals surface area contributed by atoms with Crippen molar-refractivity contribution in [1.82, 2.24) is 5.32 Å². The number of nitrogens with one attached hydrogen (secondary N) is 1. The molecule has 1 aromatic rings. The maximum Gasteiger partial charge on any atom is 0.547 e. The topological polar surface area (TPSA) is 111 Å². The second-order valence-electron chi connectivity index (χ2n) is 7.41. The minimum atomic E-state index is -1.42. The van der Waals surface area contributed by atoms with Crippen LogP contribution in [0.25, 0.3) is 0 Å². The lowest BCUT2D eigenvalue weighted by Crippen LogP contribution is -2.53. The molecule has 152 valence electrons. The Morgan fingerprint density at radius 3 is 2.61 bits per heavy atom. The number of fused-ring (bicyclic) bond motifs is 1. The summed E-state index contributed by atoms with van der Waals surface area (Å²) in [7, 11) is -1.42. The normalized spacial score (nSPS) is 15.9. The van der Waals surface area contributed by atoms with E-state index in [0.717, 1.165) is 12.1 Å². The zero-order valence-electron chi connectivity index (χ0n) is 16.2. The maximum atomic E-state index is 14.0. The number of hydrogen-bond acceptors (Lipinski definition) is 7. The quantitative estimate of drug-likeness (QED) is 0.440. The van der Waals surface area contributed by atoms with E-state index < -0.39 is 43.0 Å². The summed E-state index contributed by atoms with van der Waals surface area (Å²) in [6.07, 6.45) is 0.281. The van der Waals surface area contributed by atoms with Gasteiger partial charge in [0.1, 0.15) is 17.1 Å². The third kappa shape index (κ3) is 5.22. The molecule has 0 saturated carbocycles. The summed E-state index contributed by atoms with van der Waals surface area (Å²) in [5.41, 5.74) is -0.721. The predicted molar refractivity (Wildman–Crippen MR) is 96.8 cm³/mol. The summed E-state index contributed by atoms with van der Waals surface area (Å²) in [6, 6.07) is 2.06. The Morgan fingerprint density at radius 1 is 1.32 bits per heavy atom. The van der Waals surface area contributed by atoms with Crippen molar-refractivity contribution < 1.29 is 37.9 Å².